The van der Waals surface area contributed by atoms with Crippen molar-refractivity contribution in [3.8, 4) is 0 Å². The molecule has 0 saturated heterocycles. The van der Waals surface area contributed by atoms with Gasteiger partial charge in [0.1, 0.15) is 11.2 Å². The maximum Gasteiger partial charge on any atom is 0.410 e. The van der Waals surface area contributed by atoms with Crippen molar-refractivity contribution in [2.24, 2.45) is 5.92 Å². The molecule has 1 aliphatic carbocycles. The summed E-state index contributed by atoms with van der Waals surface area (Å²) in [6.07, 6.45) is 12.2. The zero-order valence-electron chi connectivity index (χ0n) is 21.3. The van der Waals surface area contributed by atoms with Gasteiger partial charge in [-0.2, -0.15) is 0 Å². The Labute approximate surface area is 207 Å². The lowest BCUT2D eigenvalue weighted by molar-refractivity contribution is -0.136. The number of hydrogen-bond acceptors (Lipinski definition) is 5. The summed E-state index contributed by atoms with van der Waals surface area (Å²) >= 11 is 0. The van der Waals surface area contributed by atoms with E-state index in [2.05, 4.69) is 42.0 Å². The van der Waals surface area contributed by atoms with Crippen molar-refractivity contribution in [3.63, 3.8) is 0 Å². The number of rotatable bonds is 4. The van der Waals surface area contributed by atoms with Crippen molar-refractivity contribution in [1.29, 1.82) is 0 Å². The van der Waals surface area contributed by atoms with Crippen molar-refractivity contribution < 1.29 is 19.1 Å². The fourth-order valence-corrected chi connectivity index (χ4v) is 4.52. The van der Waals surface area contributed by atoms with Crippen LogP contribution in [0.2, 0.25) is 0 Å². The Bertz CT molecular complexity index is 1210. The molecule has 3 heterocycles. The van der Waals surface area contributed by atoms with Crippen molar-refractivity contribution in [3.05, 3.63) is 59.5 Å². The molecule has 186 valence electrons. The summed E-state index contributed by atoms with van der Waals surface area (Å²) in [6, 6.07) is 4.27. The van der Waals surface area contributed by atoms with Crippen LogP contribution in [0.3, 0.4) is 0 Å². The molecule has 0 N–H and O–H groups in total. The van der Waals surface area contributed by atoms with Gasteiger partial charge in [0.05, 0.1) is 7.11 Å². The van der Waals surface area contributed by atoms with E-state index in [4.69, 9.17) is 14.5 Å². The van der Waals surface area contributed by atoms with Crippen LogP contribution in [0.5, 0.6) is 0 Å². The molecule has 7 nitrogen and oxygen atoms in total. The minimum Gasteiger partial charge on any atom is -0.466 e. The topological polar surface area (TPSA) is 73.7 Å². The second kappa shape index (κ2) is 10.1. The third-order valence-corrected chi connectivity index (χ3v) is 6.61. The molecule has 0 radical (unpaired) electrons. The maximum atomic E-state index is 12.3. The fraction of sp³-hybridized carbons (Fsp3) is 0.464. The fourth-order valence-electron chi connectivity index (χ4n) is 4.52. The van der Waals surface area contributed by atoms with E-state index in [9.17, 15) is 9.59 Å². The van der Waals surface area contributed by atoms with Gasteiger partial charge >= 0.3 is 12.1 Å². The highest BCUT2D eigenvalue weighted by molar-refractivity contribution is 5.88. The first-order valence-corrected chi connectivity index (χ1v) is 12.2. The van der Waals surface area contributed by atoms with Crippen LogP contribution in [0.25, 0.3) is 16.6 Å². The third kappa shape index (κ3) is 5.84. The molecule has 1 aliphatic heterocycles. The molecular weight excluding hydrogens is 442 g/mol. The van der Waals surface area contributed by atoms with Gasteiger partial charge in [0.2, 0.25) is 0 Å². The predicted molar refractivity (Wildman–Crippen MR) is 137 cm³/mol. The molecule has 0 aromatic carbocycles. The summed E-state index contributed by atoms with van der Waals surface area (Å²) in [5, 5.41) is 1.09. The SMILES string of the molecule is COC(=O)C1=CC=C(Cn2ccc3cc(C4=CCN(C(=O)OC(C)(C)C)CC4)cnc32)C(C)CC1. The van der Waals surface area contributed by atoms with Crippen molar-refractivity contribution >= 4 is 28.7 Å². The lowest BCUT2D eigenvalue weighted by Gasteiger charge is -2.29. The first kappa shape index (κ1) is 24.8. The largest absolute Gasteiger partial charge is 0.466 e. The van der Waals surface area contributed by atoms with Gasteiger partial charge in [0, 0.05) is 43.0 Å². The number of amides is 1. The molecule has 1 amide bonds. The standard InChI is InChI=1S/C28H35N3O4/c1-19-6-7-21(26(32)34-5)8-9-23(19)18-31-15-12-22-16-24(17-29-25(22)31)20-10-13-30(14-11-20)27(33)35-28(2,3)4/h8-10,12,15-17,19H,6-7,11,13-14,18H2,1-5H3. The van der Waals surface area contributed by atoms with Gasteiger partial charge in [-0.25, -0.2) is 14.6 Å². The van der Waals surface area contributed by atoms with Crippen molar-refractivity contribution in [1.82, 2.24) is 14.5 Å². The zero-order chi connectivity index (χ0) is 25.2. The number of ether oxygens (including phenoxy) is 2. The van der Waals surface area contributed by atoms with Crippen molar-refractivity contribution in [2.45, 2.75) is 59.1 Å². The number of hydrogen-bond donors (Lipinski definition) is 0. The smallest absolute Gasteiger partial charge is 0.410 e. The van der Waals surface area contributed by atoms with E-state index in [1.807, 2.05) is 33.0 Å². The van der Waals surface area contributed by atoms with E-state index in [0.29, 0.717) is 19.0 Å². The van der Waals surface area contributed by atoms with Crippen LogP contribution in [0.4, 0.5) is 4.79 Å². The van der Waals surface area contributed by atoms with E-state index in [0.717, 1.165) is 48.0 Å². The number of carbonyl (C=O) groups excluding carboxylic acids is 2. The molecule has 7 heteroatoms. The van der Waals surface area contributed by atoms with Crippen LogP contribution in [0.15, 0.2) is 53.9 Å². The predicted octanol–water partition coefficient (Wildman–Crippen LogP) is 5.52. The normalized spacial score (nSPS) is 18.9. The lowest BCUT2D eigenvalue weighted by Crippen LogP contribution is -2.39. The van der Waals surface area contributed by atoms with Crippen LogP contribution in [-0.4, -0.2) is 52.3 Å². The number of nitrogens with zero attached hydrogens (tertiary/aromatic N) is 3. The van der Waals surface area contributed by atoms with E-state index in [1.54, 1.807) is 4.90 Å². The molecule has 0 fully saturated rings. The second-order valence-electron chi connectivity index (χ2n) is 10.4. The van der Waals surface area contributed by atoms with E-state index in [1.165, 1.54) is 18.3 Å². The Morgan fingerprint density at radius 3 is 2.69 bits per heavy atom. The van der Waals surface area contributed by atoms with Gasteiger partial charge < -0.3 is 18.9 Å². The molecule has 0 bridgehead atoms. The average Bonchev–Trinajstić information content (AvgIpc) is 3.13. The number of allylic oxidation sites excluding steroid dienone is 3. The highest BCUT2D eigenvalue weighted by Gasteiger charge is 2.24. The lowest BCUT2D eigenvalue weighted by atomic mass is 9.96. The Hall–Kier alpha value is -3.35. The molecule has 4 rings (SSSR count). The number of carbonyl (C=O) groups is 2. The average molecular weight is 478 g/mol. The van der Waals surface area contributed by atoms with Crippen LogP contribution in [0, 0.1) is 5.92 Å². The molecular formula is C28H35N3O4. The highest BCUT2D eigenvalue weighted by atomic mass is 16.6. The Balaban J connectivity index is 1.48. The summed E-state index contributed by atoms with van der Waals surface area (Å²) in [4.78, 5) is 30.8. The maximum absolute atomic E-state index is 12.3. The minimum atomic E-state index is -0.492. The van der Waals surface area contributed by atoms with Gasteiger partial charge in [-0.15, -0.1) is 0 Å². The third-order valence-electron chi connectivity index (χ3n) is 6.61. The quantitative estimate of drug-likeness (QED) is 0.543. The van der Waals surface area contributed by atoms with Crippen LogP contribution in [-0.2, 0) is 20.8 Å². The van der Waals surface area contributed by atoms with Crippen LogP contribution in [0.1, 0.15) is 52.5 Å². The van der Waals surface area contributed by atoms with Gasteiger partial charge in [-0.05, 0) is 74.8 Å². The summed E-state index contributed by atoms with van der Waals surface area (Å²) in [7, 11) is 1.43. The van der Waals surface area contributed by atoms with E-state index < -0.39 is 5.60 Å². The first-order valence-electron chi connectivity index (χ1n) is 12.2. The van der Waals surface area contributed by atoms with Crippen LogP contribution >= 0.6 is 0 Å². The molecule has 35 heavy (non-hydrogen) atoms. The summed E-state index contributed by atoms with van der Waals surface area (Å²) in [5.74, 6) is 0.118. The number of methoxy groups -OCH3 is 1. The minimum absolute atomic E-state index is 0.249. The van der Waals surface area contributed by atoms with Gasteiger partial charge in [-0.1, -0.05) is 25.2 Å². The molecule has 2 aromatic heterocycles. The number of esters is 1. The van der Waals surface area contributed by atoms with Gasteiger partial charge in [0.15, 0.2) is 0 Å². The van der Waals surface area contributed by atoms with Crippen molar-refractivity contribution in [2.75, 3.05) is 20.2 Å². The second-order valence-corrected chi connectivity index (χ2v) is 10.4. The number of aromatic nitrogens is 2. The van der Waals surface area contributed by atoms with E-state index >= 15 is 0 Å². The Morgan fingerprint density at radius 1 is 1.20 bits per heavy atom. The molecule has 0 spiro atoms. The van der Waals surface area contributed by atoms with E-state index in [-0.39, 0.29) is 12.1 Å². The monoisotopic (exact) mass is 477 g/mol. The highest BCUT2D eigenvalue weighted by Crippen LogP contribution is 2.29. The summed E-state index contributed by atoms with van der Waals surface area (Å²) in [6.45, 7) is 9.75. The molecule has 0 saturated carbocycles. The van der Waals surface area contributed by atoms with Gasteiger partial charge in [0.25, 0.3) is 0 Å². The summed E-state index contributed by atoms with van der Waals surface area (Å²) < 4.78 is 12.6. The van der Waals surface area contributed by atoms with Gasteiger partial charge in [-0.3, -0.25) is 0 Å². The summed E-state index contributed by atoms with van der Waals surface area (Å²) in [5.41, 5.74) is 4.73. The molecule has 2 aromatic rings. The molecule has 2 aliphatic rings. The zero-order valence-corrected chi connectivity index (χ0v) is 21.3. The Kier molecular flexibility index (Phi) is 7.15. The van der Waals surface area contributed by atoms with Crippen LogP contribution < -0.4 is 0 Å². The Morgan fingerprint density at radius 2 is 2.00 bits per heavy atom. The first-order chi connectivity index (χ1) is 16.6. The molecule has 1 atom stereocenters. The molecule has 1 unspecified atom stereocenters. The number of fused-ring (bicyclic) bond motifs is 1. The number of pyridine rings is 1.